The first-order chi connectivity index (χ1) is 14.3. The average molecular weight is 411 g/mol. The van der Waals surface area contributed by atoms with Gasteiger partial charge in [0.2, 0.25) is 0 Å². The summed E-state index contributed by atoms with van der Waals surface area (Å²) in [5, 5.41) is 0. The Bertz CT molecular complexity index is 558. The first-order valence-electron chi connectivity index (χ1n) is 10.4. The molecule has 1 atom stereocenters. The third-order valence-corrected chi connectivity index (χ3v) is 4.39. The van der Waals surface area contributed by atoms with Crippen molar-refractivity contribution in [2.75, 3.05) is 59.5 Å². The smallest absolute Gasteiger partial charge is 0.159 e. The maximum atomic E-state index is 11.4. The highest BCUT2D eigenvalue weighted by molar-refractivity contribution is 5.94. The van der Waals surface area contributed by atoms with E-state index in [0.29, 0.717) is 65.0 Å². The third kappa shape index (κ3) is 11.4. The van der Waals surface area contributed by atoms with Crippen LogP contribution in [-0.2, 0) is 35.0 Å². The molecule has 1 aromatic rings. The Labute approximate surface area is 173 Å². The summed E-state index contributed by atoms with van der Waals surface area (Å²) in [6.07, 6.45) is 3.21. The number of hydrogen-bond donors (Lipinski definition) is 0. The average Bonchev–Trinajstić information content (AvgIpc) is 2.75. The number of rotatable bonds is 16. The van der Waals surface area contributed by atoms with Crippen molar-refractivity contribution < 1.29 is 33.2 Å². The Morgan fingerprint density at radius 2 is 1.59 bits per heavy atom. The number of benzene rings is 1. The van der Waals surface area contributed by atoms with E-state index in [4.69, 9.17) is 28.4 Å². The lowest BCUT2D eigenvalue weighted by Crippen LogP contribution is -2.24. The van der Waals surface area contributed by atoms with Crippen molar-refractivity contribution in [2.45, 2.75) is 39.1 Å². The van der Waals surface area contributed by atoms with Crippen molar-refractivity contribution in [3.05, 3.63) is 35.4 Å². The first kappa shape index (κ1) is 23.9. The zero-order valence-electron chi connectivity index (χ0n) is 17.4. The van der Waals surface area contributed by atoms with E-state index in [1.807, 2.05) is 18.2 Å². The molecule has 0 amide bonds. The second-order valence-corrected chi connectivity index (χ2v) is 6.81. The van der Waals surface area contributed by atoms with E-state index in [0.717, 1.165) is 25.0 Å². The standard InChI is InChI=1S/C22H34O7/c1-19(23)21-6-4-5-20(17-21)18-27-14-13-25-10-9-24-11-12-26-15-16-29-22-7-2-3-8-28-22/h4-6,17,22H,2-3,7-16,18H2,1H3. The van der Waals surface area contributed by atoms with E-state index in [1.165, 1.54) is 6.42 Å². The fraction of sp³-hybridized carbons (Fsp3) is 0.682. The zero-order valence-corrected chi connectivity index (χ0v) is 17.4. The maximum Gasteiger partial charge on any atom is 0.159 e. The quantitative estimate of drug-likeness (QED) is 0.306. The van der Waals surface area contributed by atoms with Crippen LogP contribution in [0.15, 0.2) is 24.3 Å². The molecule has 0 bridgehead atoms. The Morgan fingerprint density at radius 3 is 2.21 bits per heavy atom. The molecule has 1 aromatic carbocycles. The van der Waals surface area contributed by atoms with Gasteiger partial charge < -0.3 is 28.4 Å². The molecule has 0 N–H and O–H groups in total. The molecule has 0 aliphatic carbocycles. The highest BCUT2D eigenvalue weighted by atomic mass is 16.7. The van der Waals surface area contributed by atoms with Gasteiger partial charge in [-0.15, -0.1) is 0 Å². The number of hydrogen-bond acceptors (Lipinski definition) is 7. The molecule has 2 rings (SSSR count). The fourth-order valence-electron chi connectivity index (χ4n) is 2.81. The Hall–Kier alpha value is -1.35. The van der Waals surface area contributed by atoms with Gasteiger partial charge >= 0.3 is 0 Å². The number of Topliss-reactive ketones (excluding diaryl/α,β-unsaturated/α-hetero) is 1. The second kappa shape index (κ2) is 15.5. The summed E-state index contributed by atoms with van der Waals surface area (Å²) in [5.74, 6) is 0.0583. The van der Waals surface area contributed by atoms with Crippen molar-refractivity contribution >= 4 is 5.78 Å². The molecule has 7 nitrogen and oxygen atoms in total. The van der Waals surface area contributed by atoms with Crippen LogP contribution in [0, 0.1) is 0 Å². The van der Waals surface area contributed by atoms with Crippen LogP contribution in [0.5, 0.6) is 0 Å². The molecule has 1 aliphatic rings. The largest absolute Gasteiger partial charge is 0.377 e. The van der Waals surface area contributed by atoms with Crippen LogP contribution < -0.4 is 0 Å². The van der Waals surface area contributed by atoms with Crippen LogP contribution in [-0.4, -0.2) is 71.5 Å². The summed E-state index contributed by atoms with van der Waals surface area (Å²) >= 11 is 0. The van der Waals surface area contributed by atoms with Crippen LogP contribution in [0.2, 0.25) is 0 Å². The van der Waals surface area contributed by atoms with Crippen molar-refractivity contribution in [1.82, 2.24) is 0 Å². The summed E-state index contributed by atoms with van der Waals surface area (Å²) in [4.78, 5) is 11.4. The molecular formula is C22H34O7. The van der Waals surface area contributed by atoms with Gasteiger partial charge in [0.15, 0.2) is 12.1 Å². The molecule has 1 unspecified atom stereocenters. The van der Waals surface area contributed by atoms with Gasteiger partial charge in [-0.1, -0.05) is 18.2 Å². The van der Waals surface area contributed by atoms with Crippen molar-refractivity contribution in [3.8, 4) is 0 Å². The van der Waals surface area contributed by atoms with E-state index >= 15 is 0 Å². The molecule has 0 aromatic heterocycles. The monoisotopic (exact) mass is 410 g/mol. The van der Waals surface area contributed by atoms with Gasteiger partial charge in [-0.05, 0) is 37.8 Å². The second-order valence-electron chi connectivity index (χ2n) is 6.81. The van der Waals surface area contributed by atoms with E-state index in [-0.39, 0.29) is 12.1 Å². The zero-order chi connectivity index (χ0) is 20.6. The topological polar surface area (TPSA) is 72.5 Å². The summed E-state index contributed by atoms with van der Waals surface area (Å²) < 4.78 is 33.0. The molecule has 0 spiro atoms. The normalized spacial score (nSPS) is 16.8. The maximum absolute atomic E-state index is 11.4. The minimum absolute atomic E-state index is 0.0583. The van der Waals surface area contributed by atoms with Gasteiger partial charge in [-0.3, -0.25) is 4.79 Å². The van der Waals surface area contributed by atoms with E-state index in [9.17, 15) is 4.79 Å². The van der Waals surface area contributed by atoms with Gasteiger partial charge in [-0.25, -0.2) is 0 Å². The predicted molar refractivity (Wildman–Crippen MR) is 108 cm³/mol. The van der Waals surface area contributed by atoms with E-state index < -0.39 is 0 Å². The number of ether oxygens (including phenoxy) is 6. The number of ketones is 1. The first-order valence-corrected chi connectivity index (χ1v) is 10.4. The highest BCUT2D eigenvalue weighted by Gasteiger charge is 2.13. The molecule has 1 aliphatic heterocycles. The Balaban J connectivity index is 1.31. The van der Waals surface area contributed by atoms with Crippen LogP contribution in [0.25, 0.3) is 0 Å². The molecule has 7 heteroatoms. The van der Waals surface area contributed by atoms with E-state index in [1.54, 1.807) is 13.0 Å². The minimum Gasteiger partial charge on any atom is -0.377 e. The molecule has 0 radical (unpaired) electrons. The number of carbonyl (C=O) groups excluding carboxylic acids is 1. The Kier molecular flexibility index (Phi) is 12.8. The van der Waals surface area contributed by atoms with E-state index in [2.05, 4.69) is 0 Å². The van der Waals surface area contributed by atoms with Gasteiger partial charge in [0.05, 0.1) is 59.5 Å². The van der Waals surface area contributed by atoms with Crippen molar-refractivity contribution in [1.29, 1.82) is 0 Å². The predicted octanol–water partition coefficient (Wildman–Crippen LogP) is 3.00. The summed E-state index contributed by atoms with van der Waals surface area (Å²) in [7, 11) is 0. The summed E-state index contributed by atoms with van der Waals surface area (Å²) in [5.41, 5.74) is 1.69. The molecule has 29 heavy (non-hydrogen) atoms. The SMILES string of the molecule is CC(=O)c1cccc(COCCOCCOCCOCCOC2CCCCO2)c1. The summed E-state index contributed by atoms with van der Waals surface area (Å²) in [6.45, 7) is 7.04. The molecule has 164 valence electrons. The third-order valence-electron chi connectivity index (χ3n) is 4.39. The number of carbonyl (C=O) groups is 1. The minimum atomic E-state index is -0.0598. The molecule has 1 heterocycles. The molecule has 1 fully saturated rings. The van der Waals surface area contributed by atoms with Crippen LogP contribution >= 0.6 is 0 Å². The van der Waals surface area contributed by atoms with Crippen LogP contribution in [0.3, 0.4) is 0 Å². The molecule has 0 saturated carbocycles. The highest BCUT2D eigenvalue weighted by Crippen LogP contribution is 2.13. The van der Waals surface area contributed by atoms with Crippen LogP contribution in [0.4, 0.5) is 0 Å². The lowest BCUT2D eigenvalue weighted by Gasteiger charge is -2.22. The molecule has 1 saturated heterocycles. The van der Waals surface area contributed by atoms with Crippen molar-refractivity contribution in [2.24, 2.45) is 0 Å². The fourth-order valence-corrected chi connectivity index (χ4v) is 2.81. The van der Waals surface area contributed by atoms with Gasteiger partial charge in [0.1, 0.15) is 0 Å². The van der Waals surface area contributed by atoms with Gasteiger partial charge in [0.25, 0.3) is 0 Å². The van der Waals surface area contributed by atoms with Crippen molar-refractivity contribution in [3.63, 3.8) is 0 Å². The van der Waals surface area contributed by atoms with Gasteiger partial charge in [-0.2, -0.15) is 0 Å². The summed E-state index contributed by atoms with van der Waals surface area (Å²) in [6, 6.07) is 7.47. The van der Waals surface area contributed by atoms with Gasteiger partial charge in [0, 0.05) is 12.2 Å². The Morgan fingerprint density at radius 1 is 0.931 bits per heavy atom. The van der Waals surface area contributed by atoms with Crippen LogP contribution in [0.1, 0.15) is 42.1 Å². The lowest BCUT2D eigenvalue weighted by molar-refractivity contribution is -0.169. The molecular weight excluding hydrogens is 376 g/mol. The lowest BCUT2D eigenvalue weighted by atomic mass is 10.1.